The zero-order valence-corrected chi connectivity index (χ0v) is 21.8. The van der Waals surface area contributed by atoms with Gasteiger partial charge in [-0.25, -0.2) is 9.37 Å². The second-order valence-electron chi connectivity index (χ2n) is 8.48. The number of halogens is 3. The summed E-state index contributed by atoms with van der Waals surface area (Å²) < 4.78 is 21.9. The Morgan fingerprint density at radius 3 is 2.50 bits per heavy atom. The second-order valence-corrected chi connectivity index (χ2v) is 8.48. The van der Waals surface area contributed by atoms with Crippen LogP contribution in [-0.2, 0) is 6.42 Å². The number of amides is 1. The van der Waals surface area contributed by atoms with Gasteiger partial charge in [0.2, 0.25) is 5.88 Å². The van der Waals surface area contributed by atoms with E-state index >= 15 is 0 Å². The Morgan fingerprint density at radius 2 is 1.81 bits per heavy atom. The number of methoxy groups -OCH3 is 1. The molecule has 1 aliphatic rings. The third-order valence-corrected chi connectivity index (χ3v) is 6.51. The SMILES string of the molecule is COc1cc2c(cn1)c(C(=O)N1CCNCC1)c(Cc1cccc(F)c1C)n2-c1ccccc1.Cl.Cl. The van der Waals surface area contributed by atoms with E-state index < -0.39 is 0 Å². The number of para-hydroxylation sites is 1. The van der Waals surface area contributed by atoms with Crippen LogP contribution in [0.15, 0.2) is 60.8 Å². The number of hydrogen-bond acceptors (Lipinski definition) is 4. The van der Waals surface area contributed by atoms with E-state index in [0.717, 1.165) is 40.9 Å². The molecule has 1 fully saturated rings. The fraction of sp³-hybridized carbons (Fsp3) is 0.259. The summed E-state index contributed by atoms with van der Waals surface area (Å²) in [7, 11) is 1.58. The van der Waals surface area contributed by atoms with E-state index in [4.69, 9.17) is 4.74 Å². The Hall–Kier alpha value is -3.13. The van der Waals surface area contributed by atoms with Gasteiger partial charge in [0, 0.05) is 61.6 Å². The van der Waals surface area contributed by atoms with E-state index in [1.807, 2.05) is 47.4 Å². The molecule has 0 bridgehead atoms. The van der Waals surface area contributed by atoms with Gasteiger partial charge in [0.25, 0.3) is 5.91 Å². The topological polar surface area (TPSA) is 59.4 Å². The predicted molar refractivity (Wildman–Crippen MR) is 145 cm³/mol. The molecule has 9 heteroatoms. The molecule has 3 heterocycles. The number of nitrogens with zero attached hydrogens (tertiary/aromatic N) is 3. The van der Waals surface area contributed by atoms with Gasteiger partial charge in [-0.2, -0.15) is 0 Å². The van der Waals surface area contributed by atoms with E-state index in [1.165, 1.54) is 6.07 Å². The van der Waals surface area contributed by atoms with Crippen LogP contribution in [0.2, 0.25) is 0 Å². The number of hydrogen-bond donors (Lipinski definition) is 1. The number of carbonyl (C=O) groups is 1. The highest BCUT2D eigenvalue weighted by Crippen LogP contribution is 2.34. The highest BCUT2D eigenvalue weighted by Gasteiger charge is 2.29. The van der Waals surface area contributed by atoms with Crippen molar-refractivity contribution in [1.82, 2.24) is 19.8 Å². The smallest absolute Gasteiger partial charge is 0.256 e. The first-order chi connectivity index (χ1) is 16.6. The number of fused-ring (bicyclic) bond motifs is 1. The minimum Gasteiger partial charge on any atom is -0.481 e. The Labute approximate surface area is 222 Å². The van der Waals surface area contributed by atoms with E-state index in [9.17, 15) is 9.18 Å². The summed E-state index contributed by atoms with van der Waals surface area (Å²) in [6.07, 6.45) is 2.12. The summed E-state index contributed by atoms with van der Waals surface area (Å²) in [5.74, 6) is 0.187. The molecule has 2 aromatic carbocycles. The Kier molecular flexibility index (Phi) is 8.95. The van der Waals surface area contributed by atoms with Crippen LogP contribution in [0.4, 0.5) is 4.39 Å². The maximum atomic E-state index is 14.4. The molecule has 0 spiro atoms. The van der Waals surface area contributed by atoms with Crippen molar-refractivity contribution in [3.8, 4) is 11.6 Å². The molecule has 190 valence electrons. The van der Waals surface area contributed by atoms with Crippen LogP contribution < -0.4 is 10.1 Å². The molecule has 0 unspecified atom stereocenters. The van der Waals surface area contributed by atoms with Crippen LogP contribution in [0.3, 0.4) is 0 Å². The number of ether oxygens (including phenoxy) is 1. The van der Waals surface area contributed by atoms with Crippen molar-refractivity contribution in [3.05, 3.63) is 89.0 Å². The third kappa shape index (κ3) is 5.05. The fourth-order valence-electron chi connectivity index (χ4n) is 4.66. The molecule has 0 aliphatic carbocycles. The van der Waals surface area contributed by atoms with Crippen molar-refractivity contribution in [2.75, 3.05) is 33.3 Å². The first-order valence-corrected chi connectivity index (χ1v) is 11.4. The van der Waals surface area contributed by atoms with Gasteiger partial charge in [0.15, 0.2) is 0 Å². The lowest BCUT2D eigenvalue weighted by molar-refractivity contribution is 0.0736. The van der Waals surface area contributed by atoms with Crippen molar-refractivity contribution in [1.29, 1.82) is 0 Å². The zero-order chi connectivity index (χ0) is 23.7. The lowest BCUT2D eigenvalue weighted by Crippen LogP contribution is -2.46. The highest BCUT2D eigenvalue weighted by molar-refractivity contribution is 6.09. The highest BCUT2D eigenvalue weighted by atomic mass is 35.5. The van der Waals surface area contributed by atoms with Crippen LogP contribution in [0, 0.1) is 12.7 Å². The minimum atomic E-state index is -0.252. The molecule has 2 aromatic heterocycles. The van der Waals surface area contributed by atoms with Gasteiger partial charge >= 0.3 is 0 Å². The normalized spacial score (nSPS) is 13.1. The average molecular weight is 531 g/mol. The summed E-state index contributed by atoms with van der Waals surface area (Å²) in [5.41, 5.74) is 4.61. The average Bonchev–Trinajstić information content (AvgIpc) is 3.20. The maximum absolute atomic E-state index is 14.4. The van der Waals surface area contributed by atoms with Gasteiger partial charge in [-0.1, -0.05) is 30.3 Å². The van der Waals surface area contributed by atoms with Gasteiger partial charge in [-0.15, -0.1) is 24.8 Å². The lowest BCUT2D eigenvalue weighted by atomic mass is 10.00. The lowest BCUT2D eigenvalue weighted by Gasteiger charge is -2.28. The fourth-order valence-corrected chi connectivity index (χ4v) is 4.66. The molecule has 4 aromatic rings. The van der Waals surface area contributed by atoms with Gasteiger partial charge in [-0.3, -0.25) is 4.79 Å². The molecule has 0 atom stereocenters. The van der Waals surface area contributed by atoms with E-state index in [-0.39, 0.29) is 36.5 Å². The van der Waals surface area contributed by atoms with Crippen LogP contribution >= 0.6 is 24.8 Å². The van der Waals surface area contributed by atoms with Crippen molar-refractivity contribution in [2.24, 2.45) is 0 Å². The van der Waals surface area contributed by atoms with Crippen molar-refractivity contribution in [3.63, 3.8) is 0 Å². The van der Waals surface area contributed by atoms with E-state index in [1.54, 1.807) is 26.3 Å². The molecule has 0 saturated carbocycles. The summed E-state index contributed by atoms with van der Waals surface area (Å²) in [5, 5.41) is 4.06. The monoisotopic (exact) mass is 530 g/mol. The molecule has 6 nitrogen and oxygen atoms in total. The third-order valence-electron chi connectivity index (χ3n) is 6.51. The zero-order valence-electron chi connectivity index (χ0n) is 20.2. The molecule has 0 radical (unpaired) electrons. The largest absolute Gasteiger partial charge is 0.481 e. The predicted octanol–water partition coefficient (Wildman–Crippen LogP) is 4.96. The minimum absolute atomic E-state index is 0. The van der Waals surface area contributed by atoms with E-state index in [0.29, 0.717) is 36.5 Å². The van der Waals surface area contributed by atoms with Gasteiger partial charge < -0.3 is 19.5 Å². The standard InChI is InChI=1S/C27H27FN4O2.2ClH/c1-18-19(7-6-10-22(18)28)15-24-26(27(33)31-13-11-29-12-14-31)21-17-30-25(34-2)16-23(21)32(24)20-8-4-3-5-9-20;;/h3-10,16-17,29H,11-15H2,1-2H3;2*1H. The number of carbonyl (C=O) groups excluding carboxylic acids is 1. The molecule has 5 rings (SSSR count). The first kappa shape index (κ1) is 27.5. The Balaban J connectivity index is 0.00000180. The number of benzene rings is 2. The van der Waals surface area contributed by atoms with Crippen molar-refractivity contribution < 1.29 is 13.9 Å². The molecule has 1 aliphatic heterocycles. The van der Waals surface area contributed by atoms with Gasteiger partial charge in [0.05, 0.1) is 18.2 Å². The first-order valence-electron chi connectivity index (χ1n) is 11.4. The van der Waals surface area contributed by atoms with Crippen LogP contribution in [0.1, 0.15) is 27.2 Å². The number of nitrogens with one attached hydrogen (secondary N) is 1. The molecular formula is C27H29Cl2FN4O2. The number of rotatable bonds is 5. The second kappa shape index (κ2) is 11.7. The molecule has 1 N–H and O–H groups in total. The van der Waals surface area contributed by atoms with Crippen LogP contribution in [0.5, 0.6) is 5.88 Å². The summed E-state index contributed by atoms with van der Waals surface area (Å²) in [6.45, 7) is 4.57. The number of pyridine rings is 1. The Bertz CT molecular complexity index is 1360. The molecule has 1 saturated heterocycles. The van der Waals surface area contributed by atoms with E-state index in [2.05, 4.69) is 14.9 Å². The van der Waals surface area contributed by atoms with Crippen molar-refractivity contribution in [2.45, 2.75) is 13.3 Å². The number of aromatic nitrogens is 2. The van der Waals surface area contributed by atoms with Crippen LogP contribution in [0.25, 0.3) is 16.6 Å². The van der Waals surface area contributed by atoms with Crippen LogP contribution in [-0.4, -0.2) is 53.6 Å². The summed E-state index contributed by atoms with van der Waals surface area (Å²) >= 11 is 0. The Morgan fingerprint density at radius 1 is 1.08 bits per heavy atom. The number of piperazine rings is 1. The quantitative estimate of drug-likeness (QED) is 0.396. The van der Waals surface area contributed by atoms with Gasteiger partial charge in [-0.05, 0) is 36.2 Å². The molecule has 1 amide bonds. The summed E-state index contributed by atoms with van der Waals surface area (Å²) in [6, 6.07) is 16.9. The summed E-state index contributed by atoms with van der Waals surface area (Å²) in [4.78, 5) is 20.2. The van der Waals surface area contributed by atoms with Gasteiger partial charge in [0.1, 0.15) is 5.82 Å². The van der Waals surface area contributed by atoms with Crippen molar-refractivity contribution >= 4 is 41.6 Å². The molecular weight excluding hydrogens is 502 g/mol. The molecule has 36 heavy (non-hydrogen) atoms. The maximum Gasteiger partial charge on any atom is 0.256 e.